The molecule has 0 spiro atoms. The summed E-state index contributed by atoms with van der Waals surface area (Å²) >= 11 is 7.54. The standard InChI is InChI=1S/C22H22ClN5O3S/c23-16-6-3-14(4-7-16)13-32-11-9-24-22(31)27-26-20(29)15-5-8-17-18(12-15)25-19-2-1-10-28(19)21(17)30/h3-8,12H,1-2,9-11,13H2,(H,26,29)(H2,24,27,31). The van der Waals surface area contributed by atoms with Crippen LogP contribution in [0.25, 0.3) is 10.9 Å². The maximum Gasteiger partial charge on any atom is 0.333 e. The first-order valence-corrected chi connectivity index (χ1v) is 11.7. The van der Waals surface area contributed by atoms with Crippen LogP contribution in [0.4, 0.5) is 4.79 Å². The highest BCUT2D eigenvalue weighted by molar-refractivity contribution is 7.98. The van der Waals surface area contributed by atoms with E-state index in [4.69, 9.17) is 11.6 Å². The maximum absolute atomic E-state index is 12.5. The number of nitrogens with one attached hydrogen (secondary N) is 3. The Kier molecular flexibility index (Phi) is 6.96. The number of urea groups is 1. The first kappa shape index (κ1) is 22.2. The largest absolute Gasteiger partial charge is 0.336 e. The summed E-state index contributed by atoms with van der Waals surface area (Å²) < 4.78 is 1.68. The zero-order valence-electron chi connectivity index (χ0n) is 17.2. The van der Waals surface area contributed by atoms with Crippen LogP contribution < -0.4 is 21.7 Å². The maximum atomic E-state index is 12.5. The van der Waals surface area contributed by atoms with E-state index >= 15 is 0 Å². The number of thioether (sulfide) groups is 1. The topological polar surface area (TPSA) is 105 Å². The molecule has 0 fully saturated rings. The van der Waals surface area contributed by atoms with Gasteiger partial charge in [0.15, 0.2) is 0 Å². The number of halogens is 1. The summed E-state index contributed by atoms with van der Waals surface area (Å²) in [5.41, 5.74) is 6.58. The molecule has 2 heterocycles. The molecule has 166 valence electrons. The lowest BCUT2D eigenvalue weighted by Crippen LogP contribution is -2.47. The van der Waals surface area contributed by atoms with E-state index in [-0.39, 0.29) is 5.56 Å². The van der Waals surface area contributed by atoms with Crippen molar-refractivity contribution in [1.82, 2.24) is 25.7 Å². The number of rotatable bonds is 6. The molecule has 0 bridgehead atoms. The molecule has 4 rings (SSSR count). The fourth-order valence-electron chi connectivity index (χ4n) is 3.46. The van der Waals surface area contributed by atoms with Gasteiger partial charge in [-0.1, -0.05) is 23.7 Å². The molecule has 0 saturated heterocycles. The van der Waals surface area contributed by atoms with Crippen LogP contribution in [0.2, 0.25) is 5.02 Å². The number of nitrogens with zero attached hydrogens (tertiary/aromatic N) is 2. The fourth-order valence-corrected chi connectivity index (χ4v) is 4.41. The lowest BCUT2D eigenvalue weighted by atomic mass is 10.1. The predicted octanol–water partition coefficient (Wildman–Crippen LogP) is 2.87. The number of benzene rings is 2. The molecule has 1 aliphatic rings. The molecule has 0 atom stereocenters. The van der Waals surface area contributed by atoms with Crippen LogP contribution in [0.15, 0.2) is 47.3 Å². The number of hydrogen-bond donors (Lipinski definition) is 3. The molecule has 32 heavy (non-hydrogen) atoms. The monoisotopic (exact) mass is 471 g/mol. The number of aryl methyl sites for hydroxylation is 1. The van der Waals surface area contributed by atoms with Crippen molar-refractivity contribution in [3.63, 3.8) is 0 Å². The van der Waals surface area contributed by atoms with Gasteiger partial charge in [-0.2, -0.15) is 11.8 Å². The summed E-state index contributed by atoms with van der Waals surface area (Å²) in [7, 11) is 0. The SMILES string of the molecule is O=C(NCCSCc1ccc(Cl)cc1)NNC(=O)c1ccc2c(=O)n3c(nc2c1)CCC3. The van der Waals surface area contributed by atoms with Crippen LogP contribution in [-0.2, 0) is 18.7 Å². The van der Waals surface area contributed by atoms with Gasteiger partial charge in [0, 0.05) is 41.6 Å². The van der Waals surface area contributed by atoms with Gasteiger partial charge in [0.25, 0.3) is 11.5 Å². The minimum Gasteiger partial charge on any atom is -0.336 e. The zero-order valence-corrected chi connectivity index (χ0v) is 18.8. The summed E-state index contributed by atoms with van der Waals surface area (Å²) in [5, 5.41) is 3.87. The molecule has 2 aromatic carbocycles. The van der Waals surface area contributed by atoms with Gasteiger partial charge in [0.1, 0.15) is 5.82 Å². The average molecular weight is 472 g/mol. The van der Waals surface area contributed by atoms with Crippen molar-refractivity contribution < 1.29 is 9.59 Å². The van der Waals surface area contributed by atoms with Gasteiger partial charge in [0.2, 0.25) is 0 Å². The van der Waals surface area contributed by atoms with Gasteiger partial charge >= 0.3 is 6.03 Å². The Balaban J connectivity index is 1.23. The number of hydrogen-bond acceptors (Lipinski definition) is 5. The third kappa shape index (κ3) is 5.23. The number of fused-ring (bicyclic) bond motifs is 2. The lowest BCUT2D eigenvalue weighted by molar-refractivity contribution is 0.0936. The van der Waals surface area contributed by atoms with E-state index in [1.807, 2.05) is 24.3 Å². The second-order valence-corrected chi connectivity index (χ2v) is 8.88. The van der Waals surface area contributed by atoms with Gasteiger partial charge in [-0.25, -0.2) is 15.2 Å². The van der Waals surface area contributed by atoms with Crippen molar-refractivity contribution in [2.24, 2.45) is 0 Å². The van der Waals surface area contributed by atoms with E-state index in [2.05, 4.69) is 21.2 Å². The molecule has 1 aromatic heterocycles. The number of amides is 3. The summed E-state index contributed by atoms with van der Waals surface area (Å²) in [4.78, 5) is 41.3. The molecule has 0 radical (unpaired) electrons. The van der Waals surface area contributed by atoms with E-state index in [1.54, 1.807) is 34.5 Å². The summed E-state index contributed by atoms with van der Waals surface area (Å²) in [6, 6.07) is 11.9. The van der Waals surface area contributed by atoms with E-state index in [9.17, 15) is 14.4 Å². The molecule has 1 aliphatic heterocycles. The van der Waals surface area contributed by atoms with E-state index in [1.165, 1.54) is 0 Å². The molecule has 0 saturated carbocycles. The Morgan fingerprint density at radius 3 is 2.75 bits per heavy atom. The number of carbonyl (C=O) groups is 2. The summed E-state index contributed by atoms with van der Waals surface area (Å²) in [6.07, 6.45) is 1.64. The molecule has 8 nitrogen and oxygen atoms in total. The Bertz CT molecular complexity index is 1210. The second-order valence-electron chi connectivity index (χ2n) is 7.33. The average Bonchev–Trinajstić information content (AvgIpc) is 3.27. The van der Waals surface area contributed by atoms with Crippen LogP contribution in [0.5, 0.6) is 0 Å². The third-order valence-electron chi connectivity index (χ3n) is 5.08. The van der Waals surface area contributed by atoms with Crippen molar-refractivity contribution in [3.8, 4) is 0 Å². The Hall–Kier alpha value is -3.04. The zero-order chi connectivity index (χ0) is 22.5. The van der Waals surface area contributed by atoms with Crippen LogP contribution in [0.1, 0.15) is 28.2 Å². The highest BCUT2D eigenvalue weighted by Crippen LogP contribution is 2.16. The molecule has 3 aromatic rings. The Labute approximate surface area is 193 Å². The van der Waals surface area contributed by atoms with E-state index in [0.29, 0.717) is 34.6 Å². The lowest BCUT2D eigenvalue weighted by Gasteiger charge is -2.10. The molecule has 3 amide bonds. The number of aromatic nitrogens is 2. The van der Waals surface area contributed by atoms with Crippen LogP contribution >= 0.6 is 23.4 Å². The van der Waals surface area contributed by atoms with Gasteiger partial charge in [0.05, 0.1) is 10.9 Å². The van der Waals surface area contributed by atoms with Gasteiger partial charge in [-0.3, -0.25) is 19.6 Å². The quantitative estimate of drug-likeness (QED) is 0.378. The molecule has 0 aliphatic carbocycles. The molecule has 3 N–H and O–H groups in total. The minimum absolute atomic E-state index is 0.0825. The number of carbonyl (C=O) groups excluding carboxylic acids is 2. The molecular weight excluding hydrogens is 450 g/mol. The van der Waals surface area contributed by atoms with E-state index in [0.717, 1.165) is 35.7 Å². The summed E-state index contributed by atoms with van der Waals surface area (Å²) in [5.74, 6) is 1.80. The predicted molar refractivity (Wildman–Crippen MR) is 126 cm³/mol. The van der Waals surface area contributed by atoms with Crippen molar-refractivity contribution in [2.75, 3.05) is 12.3 Å². The first-order chi connectivity index (χ1) is 15.5. The molecular formula is C22H22ClN5O3S. The van der Waals surface area contributed by atoms with Crippen LogP contribution in [-0.4, -0.2) is 33.8 Å². The number of hydrazine groups is 1. The van der Waals surface area contributed by atoms with Crippen LogP contribution in [0, 0.1) is 0 Å². The van der Waals surface area contributed by atoms with Gasteiger partial charge < -0.3 is 5.32 Å². The fraction of sp³-hybridized carbons (Fsp3) is 0.273. The van der Waals surface area contributed by atoms with Crippen molar-refractivity contribution >= 4 is 46.2 Å². The smallest absolute Gasteiger partial charge is 0.333 e. The normalized spacial score (nSPS) is 12.4. The van der Waals surface area contributed by atoms with Crippen molar-refractivity contribution in [2.45, 2.75) is 25.1 Å². The van der Waals surface area contributed by atoms with E-state index < -0.39 is 11.9 Å². The van der Waals surface area contributed by atoms with Crippen molar-refractivity contribution in [3.05, 3.63) is 74.8 Å². The Morgan fingerprint density at radius 1 is 1.12 bits per heavy atom. The van der Waals surface area contributed by atoms with Crippen molar-refractivity contribution in [1.29, 1.82) is 0 Å². The van der Waals surface area contributed by atoms with Gasteiger partial charge in [-0.05, 0) is 42.3 Å². The highest BCUT2D eigenvalue weighted by Gasteiger charge is 2.17. The highest BCUT2D eigenvalue weighted by atomic mass is 35.5. The summed E-state index contributed by atoms with van der Waals surface area (Å²) in [6.45, 7) is 1.13. The minimum atomic E-state index is -0.500. The Morgan fingerprint density at radius 2 is 1.94 bits per heavy atom. The van der Waals surface area contributed by atoms with Gasteiger partial charge in [-0.15, -0.1) is 0 Å². The second kappa shape index (κ2) is 10.1. The first-order valence-electron chi connectivity index (χ1n) is 10.2. The van der Waals surface area contributed by atoms with Crippen LogP contribution in [0.3, 0.4) is 0 Å². The molecule has 10 heteroatoms. The molecule has 0 unspecified atom stereocenters. The third-order valence-corrected chi connectivity index (χ3v) is 6.36.